The Morgan fingerprint density at radius 2 is 1.55 bits per heavy atom. The Balaban J connectivity index is 2.15. The SMILES string of the molecule is [C]#C[C@@H](Oc1ccc(C(F)(F)F)cc1)c1ccccc1. The van der Waals surface area contributed by atoms with E-state index in [1.54, 1.807) is 24.3 Å². The van der Waals surface area contributed by atoms with Crippen LogP contribution in [0.5, 0.6) is 5.75 Å². The van der Waals surface area contributed by atoms with Crippen LogP contribution < -0.4 is 4.74 Å². The van der Waals surface area contributed by atoms with Crippen LogP contribution in [-0.4, -0.2) is 0 Å². The van der Waals surface area contributed by atoms with E-state index in [9.17, 15) is 13.2 Å². The number of rotatable bonds is 3. The van der Waals surface area contributed by atoms with Gasteiger partial charge in [0, 0.05) is 5.56 Å². The second-order valence-corrected chi connectivity index (χ2v) is 4.08. The lowest BCUT2D eigenvalue weighted by molar-refractivity contribution is -0.137. The Labute approximate surface area is 115 Å². The molecule has 2 aromatic carbocycles. The minimum Gasteiger partial charge on any atom is -0.473 e. The molecule has 0 unspecified atom stereocenters. The molecule has 0 spiro atoms. The van der Waals surface area contributed by atoms with Crippen molar-refractivity contribution in [2.24, 2.45) is 0 Å². The predicted molar refractivity (Wildman–Crippen MR) is 68.4 cm³/mol. The van der Waals surface area contributed by atoms with Crippen molar-refractivity contribution >= 4 is 0 Å². The van der Waals surface area contributed by atoms with E-state index in [1.807, 2.05) is 6.07 Å². The second kappa shape index (κ2) is 5.70. The number of benzene rings is 2. The summed E-state index contributed by atoms with van der Waals surface area (Å²) in [5, 5.41) is 0. The Morgan fingerprint density at radius 1 is 0.950 bits per heavy atom. The number of hydrogen-bond acceptors (Lipinski definition) is 1. The first-order chi connectivity index (χ1) is 9.50. The molecular weight excluding hydrogens is 265 g/mol. The van der Waals surface area contributed by atoms with Crippen LogP contribution in [0.4, 0.5) is 13.2 Å². The maximum absolute atomic E-state index is 12.4. The molecule has 2 rings (SSSR count). The largest absolute Gasteiger partial charge is 0.473 e. The number of halogens is 3. The summed E-state index contributed by atoms with van der Waals surface area (Å²) in [7, 11) is 0. The fraction of sp³-hybridized carbons (Fsp3) is 0.125. The first-order valence-electron chi connectivity index (χ1n) is 5.82. The molecule has 1 atom stereocenters. The molecule has 0 fully saturated rings. The third-order valence-corrected chi connectivity index (χ3v) is 2.67. The molecule has 20 heavy (non-hydrogen) atoms. The second-order valence-electron chi connectivity index (χ2n) is 4.08. The molecule has 1 nitrogen and oxygen atoms in total. The lowest BCUT2D eigenvalue weighted by Crippen LogP contribution is -2.06. The maximum Gasteiger partial charge on any atom is 0.416 e. The lowest BCUT2D eigenvalue weighted by atomic mass is 10.1. The summed E-state index contributed by atoms with van der Waals surface area (Å²) < 4.78 is 42.7. The van der Waals surface area contributed by atoms with Gasteiger partial charge in [-0.3, -0.25) is 0 Å². The van der Waals surface area contributed by atoms with Gasteiger partial charge in [-0.05, 0) is 36.6 Å². The van der Waals surface area contributed by atoms with Crippen molar-refractivity contribution in [2.75, 3.05) is 0 Å². The van der Waals surface area contributed by atoms with Crippen LogP contribution in [0.15, 0.2) is 54.6 Å². The van der Waals surface area contributed by atoms with E-state index < -0.39 is 17.8 Å². The monoisotopic (exact) mass is 275 g/mol. The number of ether oxygens (including phenoxy) is 1. The molecule has 0 N–H and O–H groups in total. The highest BCUT2D eigenvalue weighted by Crippen LogP contribution is 2.31. The number of alkyl halides is 3. The molecule has 101 valence electrons. The van der Waals surface area contributed by atoms with Crippen molar-refractivity contribution in [2.45, 2.75) is 12.3 Å². The molecule has 0 saturated heterocycles. The van der Waals surface area contributed by atoms with E-state index in [2.05, 4.69) is 5.92 Å². The molecule has 0 aromatic heterocycles. The summed E-state index contributed by atoms with van der Waals surface area (Å²) in [6.45, 7) is 0. The van der Waals surface area contributed by atoms with E-state index in [4.69, 9.17) is 11.2 Å². The molecule has 0 amide bonds. The number of hydrogen-bond donors (Lipinski definition) is 0. The Bertz CT molecular complexity index is 594. The van der Waals surface area contributed by atoms with Crippen LogP contribution in [-0.2, 0) is 6.18 Å². The van der Waals surface area contributed by atoms with Gasteiger partial charge in [0.1, 0.15) is 5.75 Å². The zero-order chi connectivity index (χ0) is 14.6. The molecule has 0 aliphatic rings. The first-order valence-corrected chi connectivity index (χ1v) is 5.82. The van der Waals surface area contributed by atoms with Crippen molar-refractivity contribution in [1.29, 1.82) is 0 Å². The average molecular weight is 275 g/mol. The zero-order valence-corrected chi connectivity index (χ0v) is 10.3. The van der Waals surface area contributed by atoms with Gasteiger partial charge in [-0.15, -0.1) is 0 Å². The Kier molecular flexibility index (Phi) is 3.99. The van der Waals surface area contributed by atoms with Crippen molar-refractivity contribution in [1.82, 2.24) is 0 Å². The van der Waals surface area contributed by atoms with Crippen molar-refractivity contribution in [3.05, 3.63) is 72.1 Å². The topological polar surface area (TPSA) is 9.23 Å². The van der Waals surface area contributed by atoms with Gasteiger partial charge in [-0.2, -0.15) is 13.2 Å². The van der Waals surface area contributed by atoms with Gasteiger partial charge < -0.3 is 4.74 Å². The average Bonchev–Trinajstić information content (AvgIpc) is 2.45. The minimum absolute atomic E-state index is 0.256. The van der Waals surface area contributed by atoms with E-state index in [1.165, 1.54) is 12.1 Å². The predicted octanol–water partition coefficient (Wildman–Crippen LogP) is 4.42. The van der Waals surface area contributed by atoms with Gasteiger partial charge in [-0.1, -0.05) is 30.3 Å². The summed E-state index contributed by atoms with van der Waals surface area (Å²) in [6.07, 6.45) is 2.12. The molecule has 0 bridgehead atoms. The van der Waals surface area contributed by atoms with Crippen molar-refractivity contribution in [3.63, 3.8) is 0 Å². The molecule has 1 radical (unpaired) electrons. The fourth-order valence-electron chi connectivity index (χ4n) is 1.67. The van der Waals surface area contributed by atoms with Gasteiger partial charge in [-0.25, -0.2) is 0 Å². The third-order valence-electron chi connectivity index (χ3n) is 2.67. The van der Waals surface area contributed by atoms with Crippen molar-refractivity contribution < 1.29 is 17.9 Å². The fourth-order valence-corrected chi connectivity index (χ4v) is 1.67. The normalized spacial score (nSPS) is 12.5. The molecule has 2 aromatic rings. The summed E-state index contributed by atoms with van der Waals surface area (Å²) >= 11 is 0. The zero-order valence-electron chi connectivity index (χ0n) is 10.3. The van der Waals surface area contributed by atoms with Crippen LogP contribution in [0.3, 0.4) is 0 Å². The van der Waals surface area contributed by atoms with Crippen LogP contribution in [0, 0.1) is 12.3 Å². The van der Waals surface area contributed by atoms with Gasteiger partial charge in [0.15, 0.2) is 6.10 Å². The minimum atomic E-state index is -4.37. The highest BCUT2D eigenvalue weighted by molar-refractivity contribution is 5.31. The highest BCUT2D eigenvalue weighted by Gasteiger charge is 2.30. The van der Waals surface area contributed by atoms with Gasteiger partial charge >= 0.3 is 6.18 Å². The summed E-state index contributed by atoms with van der Waals surface area (Å²) in [4.78, 5) is 0. The Hall–Kier alpha value is -2.41. The van der Waals surface area contributed by atoms with Crippen LogP contribution in [0.25, 0.3) is 0 Å². The maximum atomic E-state index is 12.4. The summed E-state index contributed by atoms with van der Waals surface area (Å²) in [6, 6.07) is 13.3. The molecule has 0 saturated carbocycles. The lowest BCUT2D eigenvalue weighted by Gasteiger charge is -2.14. The summed E-state index contributed by atoms with van der Waals surface area (Å²) in [5.74, 6) is 2.47. The molecule has 0 aliphatic carbocycles. The standard InChI is InChI=1S/C16H10F3O/c1-2-15(12-6-4-3-5-7-12)20-14-10-8-13(9-11-14)16(17,18)19/h3-11,15H/t15-/m1/s1. The van der Waals surface area contributed by atoms with E-state index in [0.29, 0.717) is 5.56 Å². The first kappa shape index (κ1) is 14.0. The van der Waals surface area contributed by atoms with E-state index in [0.717, 1.165) is 12.1 Å². The van der Waals surface area contributed by atoms with Gasteiger partial charge in [0.05, 0.1) is 5.56 Å². The molecular formula is C16H10F3O. The highest BCUT2D eigenvalue weighted by atomic mass is 19.4. The summed E-state index contributed by atoms with van der Waals surface area (Å²) in [5.41, 5.74) is -0.0256. The van der Waals surface area contributed by atoms with E-state index >= 15 is 0 Å². The van der Waals surface area contributed by atoms with Crippen LogP contribution in [0.1, 0.15) is 17.2 Å². The Morgan fingerprint density at radius 3 is 2.05 bits per heavy atom. The van der Waals surface area contributed by atoms with Crippen LogP contribution in [0.2, 0.25) is 0 Å². The molecule has 0 aliphatic heterocycles. The quantitative estimate of drug-likeness (QED) is 0.754. The van der Waals surface area contributed by atoms with Gasteiger partial charge in [0.25, 0.3) is 0 Å². The van der Waals surface area contributed by atoms with E-state index in [-0.39, 0.29) is 5.75 Å². The smallest absolute Gasteiger partial charge is 0.416 e. The third kappa shape index (κ3) is 3.33. The van der Waals surface area contributed by atoms with Gasteiger partial charge in [0.2, 0.25) is 0 Å². The van der Waals surface area contributed by atoms with Crippen LogP contribution >= 0.6 is 0 Å². The van der Waals surface area contributed by atoms with Crippen molar-refractivity contribution in [3.8, 4) is 11.7 Å². The molecule has 4 heteroatoms. The molecule has 0 heterocycles.